The summed E-state index contributed by atoms with van der Waals surface area (Å²) >= 11 is 0. The first-order chi connectivity index (χ1) is 10.3. The molecule has 22 heavy (non-hydrogen) atoms. The van der Waals surface area contributed by atoms with Crippen molar-refractivity contribution in [3.05, 3.63) is 78.1 Å². The third kappa shape index (κ3) is 3.53. The number of halogens is 1. The van der Waals surface area contributed by atoms with Gasteiger partial charge >= 0.3 is 0 Å². The van der Waals surface area contributed by atoms with Crippen molar-refractivity contribution in [2.24, 2.45) is 0 Å². The minimum Gasteiger partial charge on any atom is -1.00 e. The third-order valence-corrected chi connectivity index (χ3v) is 3.76. The SMILES string of the molecule is CCc1ccc2cccc(C(=O)C[n+]3ccccc3)c2c1.[I-]. The molecule has 0 aliphatic rings. The van der Waals surface area contributed by atoms with E-state index in [1.807, 2.05) is 47.3 Å². The standard InChI is InChI=1S/C19H18NO.HI/c1-2-15-9-10-16-7-6-8-17(18(16)13-15)19(21)14-20-11-4-3-5-12-20;/h3-13H,2,14H2,1H3;1H/q+1;/p-1. The van der Waals surface area contributed by atoms with Crippen molar-refractivity contribution < 1.29 is 33.3 Å². The van der Waals surface area contributed by atoms with E-state index in [0.29, 0.717) is 6.54 Å². The Morgan fingerprint density at radius 2 is 1.77 bits per heavy atom. The molecular weight excluding hydrogens is 385 g/mol. The molecule has 0 bridgehead atoms. The molecule has 3 rings (SSSR count). The number of carbonyl (C=O) groups is 1. The van der Waals surface area contributed by atoms with Crippen LogP contribution in [0.15, 0.2) is 67.0 Å². The number of Topliss-reactive ketones (excluding diaryl/α,β-unsaturated/α-hetero) is 1. The van der Waals surface area contributed by atoms with Crippen LogP contribution >= 0.6 is 0 Å². The van der Waals surface area contributed by atoms with Crippen molar-refractivity contribution in [1.29, 1.82) is 0 Å². The predicted octanol–water partition coefficient (Wildman–Crippen LogP) is 0.577. The van der Waals surface area contributed by atoms with Crippen molar-refractivity contribution in [1.82, 2.24) is 0 Å². The number of rotatable bonds is 4. The smallest absolute Gasteiger partial charge is 0.228 e. The minimum atomic E-state index is 0. The van der Waals surface area contributed by atoms with Gasteiger partial charge in [-0.25, -0.2) is 0 Å². The zero-order valence-corrected chi connectivity index (χ0v) is 14.7. The largest absolute Gasteiger partial charge is 1.00 e. The fourth-order valence-corrected chi connectivity index (χ4v) is 2.57. The van der Waals surface area contributed by atoms with Crippen LogP contribution in [0.3, 0.4) is 0 Å². The van der Waals surface area contributed by atoms with Crippen LogP contribution < -0.4 is 28.5 Å². The summed E-state index contributed by atoms with van der Waals surface area (Å²) in [5, 5.41) is 2.18. The van der Waals surface area contributed by atoms with Crippen molar-refractivity contribution in [2.45, 2.75) is 19.9 Å². The Labute approximate surface area is 147 Å². The highest BCUT2D eigenvalue weighted by Crippen LogP contribution is 2.21. The van der Waals surface area contributed by atoms with Gasteiger partial charge in [0.15, 0.2) is 12.4 Å². The fourth-order valence-electron chi connectivity index (χ4n) is 2.57. The second-order valence-electron chi connectivity index (χ2n) is 5.19. The molecule has 0 aliphatic heterocycles. The Balaban J connectivity index is 0.00000176. The van der Waals surface area contributed by atoms with Gasteiger partial charge in [-0.1, -0.05) is 49.4 Å². The van der Waals surface area contributed by atoms with E-state index in [0.717, 1.165) is 22.8 Å². The summed E-state index contributed by atoms with van der Waals surface area (Å²) in [7, 11) is 0. The lowest BCUT2D eigenvalue weighted by Crippen LogP contribution is -3.00. The Bertz CT molecular complexity index is 784. The summed E-state index contributed by atoms with van der Waals surface area (Å²) in [6, 6.07) is 18.1. The molecule has 2 aromatic carbocycles. The summed E-state index contributed by atoms with van der Waals surface area (Å²) in [6.07, 6.45) is 4.81. The number of fused-ring (bicyclic) bond motifs is 1. The van der Waals surface area contributed by atoms with Crippen LogP contribution in [0.2, 0.25) is 0 Å². The Hall–Kier alpha value is -1.75. The zero-order chi connectivity index (χ0) is 14.7. The van der Waals surface area contributed by atoms with E-state index in [2.05, 4.69) is 31.2 Å². The molecule has 2 nitrogen and oxygen atoms in total. The molecule has 0 radical (unpaired) electrons. The topological polar surface area (TPSA) is 20.9 Å². The van der Waals surface area contributed by atoms with E-state index in [1.165, 1.54) is 5.56 Å². The average Bonchev–Trinajstić information content (AvgIpc) is 2.54. The van der Waals surface area contributed by atoms with E-state index in [4.69, 9.17) is 0 Å². The first-order valence-corrected chi connectivity index (χ1v) is 7.27. The molecule has 112 valence electrons. The molecule has 1 aromatic heterocycles. The van der Waals surface area contributed by atoms with Crippen molar-refractivity contribution in [3.63, 3.8) is 0 Å². The van der Waals surface area contributed by atoms with Crippen LogP contribution in [0, 0.1) is 0 Å². The second kappa shape index (κ2) is 7.49. The second-order valence-corrected chi connectivity index (χ2v) is 5.19. The summed E-state index contributed by atoms with van der Waals surface area (Å²) < 4.78 is 1.91. The minimum absolute atomic E-state index is 0. The van der Waals surface area contributed by atoms with E-state index in [-0.39, 0.29) is 29.8 Å². The highest BCUT2D eigenvalue weighted by atomic mass is 127. The highest BCUT2D eigenvalue weighted by Gasteiger charge is 2.14. The number of aryl methyl sites for hydroxylation is 1. The van der Waals surface area contributed by atoms with Gasteiger partial charge in [0, 0.05) is 17.7 Å². The van der Waals surface area contributed by atoms with Crippen LogP contribution in [-0.4, -0.2) is 5.78 Å². The van der Waals surface area contributed by atoms with Crippen molar-refractivity contribution in [3.8, 4) is 0 Å². The normalized spacial score (nSPS) is 10.2. The third-order valence-electron chi connectivity index (χ3n) is 3.76. The maximum atomic E-state index is 12.6. The molecule has 1 heterocycles. The number of carbonyl (C=O) groups excluding carboxylic acids is 1. The molecule has 0 saturated carbocycles. The van der Waals surface area contributed by atoms with Gasteiger partial charge in [0.05, 0.1) is 0 Å². The van der Waals surface area contributed by atoms with Crippen molar-refractivity contribution in [2.75, 3.05) is 0 Å². The number of hydrogen-bond donors (Lipinski definition) is 0. The molecule has 0 spiro atoms. The summed E-state index contributed by atoms with van der Waals surface area (Å²) in [6.45, 7) is 2.50. The highest BCUT2D eigenvalue weighted by molar-refractivity contribution is 6.07. The number of aromatic nitrogens is 1. The number of ketones is 1. The molecule has 0 fully saturated rings. The van der Waals surface area contributed by atoms with Gasteiger partial charge in [-0.3, -0.25) is 4.79 Å². The number of hydrogen-bond acceptors (Lipinski definition) is 1. The lowest BCUT2D eigenvalue weighted by atomic mass is 9.98. The van der Waals surface area contributed by atoms with Crippen LogP contribution in [0.25, 0.3) is 10.8 Å². The van der Waals surface area contributed by atoms with Crippen molar-refractivity contribution >= 4 is 16.6 Å². The summed E-state index contributed by atoms with van der Waals surface area (Å²) in [4.78, 5) is 12.6. The fraction of sp³-hybridized carbons (Fsp3) is 0.158. The molecular formula is C19H18INO. The van der Waals surface area contributed by atoms with Gasteiger partial charge in [0.25, 0.3) is 0 Å². The molecule has 3 aromatic rings. The zero-order valence-electron chi connectivity index (χ0n) is 12.5. The number of benzene rings is 2. The maximum Gasteiger partial charge on any atom is 0.228 e. The van der Waals surface area contributed by atoms with Gasteiger partial charge in [-0.05, 0) is 22.8 Å². The van der Waals surface area contributed by atoms with Gasteiger partial charge in [0.1, 0.15) is 0 Å². The molecule has 0 atom stereocenters. The molecule has 0 N–H and O–H groups in total. The van der Waals surface area contributed by atoms with Gasteiger partial charge in [0.2, 0.25) is 12.3 Å². The van der Waals surface area contributed by atoms with Crippen LogP contribution in [0.5, 0.6) is 0 Å². The lowest BCUT2D eigenvalue weighted by molar-refractivity contribution is -0.683. The molecule has 0 amide bonds. The quantitative estimate of drug-likeness (QED) is 0.355. The lowest BCUT2D eigenvalue weighted by Gasteiger charge is -2.06. The van der Waals surface area contributed by atoms with E-state index >= 15 is 0 Å². The molecule has 0 unspecified atom stereocenters. The average molecular weight is 403 g/mol. The Kier molecular flexibility index (Phi) is 5.66. The van der Waals surface area contributed by atoms with Crippen LogP contribution in [0.4, 0.5) is 0 Å². The van der Waals surface area contributed by atoms with E-state index in [9.17, 15) is 4.79 Å². The van der Waals surface area contributed by atoms with Gasteiger partial charge < -0.3 is 24.0 Å². The monoisotopic (exact) mass is 403 g/mol. The molecule has 0 saturated heterocycles. The van der Waals surface area contributed by atoms with Crippen LogP contribution in [0.1, 0.15) is 22.8 Å². The number of nitrogens with zero attached hydrogens (tertiary/aromatic N) is 1. The van der Waals surface area contributed by atoms with Gasteiger partial charge in [-0.2, -0.15) is 4.57 Å². The molecule has 3 heteroatoms. The van der Waals surface area contributed by atoms with E-state index < -0.39 is 0 Å². The summed E-state index contributed by atoms with van der Waals surface area (Å²) in [5.41, 5.74) is 2.06. The first-order valence-electron chi connectivity index (χ1n) is 7.27. The Morgan fingerprint density at radius 1 is 1.00 bits per heavy atom. The number of pyridine rings is 1. The predicted molar refractivity (Wildman–Crippen MR) is 84.3 cm³/mol. The van der Waals surface area contributed by atoms with Gasteiger partial charge in [-0.15, -0.1) is 0 Å². The molecule has 0 aliphatic carbocycles. The van der Waals surface area contributed by atoms with E-state index in [1.54, 1.807) is 0 Å². The Morgan fingerprint density at radius 3 is 2.50 bits per heavy atom. The van der Waals surface area contributed by atoms with Crippen LogP contribution in [-0.2, 0) is 13.0 Å². The summed E-state index contributed by atoms with van der Waals surface area (Å²) in [5.74, 6) is 0.144. The maximum absolute atomic E-state index is 12.6. The first kappa shape index (κ1) is 16.6.